The van der Waals surface area contributed by atoms with Crippen LogP contribution >= 0.6 is 11.6 Å². The first-order valence-electron chi connectivity index (χ1n) is 8.42. The van der Waals surface area contributed by atoms with Gasteiger partial charge in [-0.2, -0.15) is 0 Å². The Labute approximate surface area is 164 Å². The third kappa shape index (κ3) is 4.51. The van der Waals surface area contributed by atoms with Crippen molar-refractivity contribution >= 4 is 17.5 Å². The van der Waals surface area contributed by atoms with Crippen molar-refractivity contribution in [3.05, 3.63) is 47.0 Å². The molecule has 5 nitrogen and oxygen atoms in total. The van der Waals surface area contributed by atoms with Crippen molar-refractivity contribution in [2.24, 2.45) is 0 Å². The molecule has 1 heterocycles. The molecule has 0 unspecified atom stereocenters. The number of aliphatic hydroxyl groups is 1. The molecule has 0 aromatic heterocycles. The number of alkyl halides is 4. The molecule has 1 aliphatic rings. The molecule has 0 aliphatic carbocycles. The van der Waals surface area contributed by atoms with Gasteiger partial charge in [0.05, 0.1) is 13.2 Å². The normalized spacial score (nSPS) is 13.0. The zero-order chi connectivity index (χ0) is 20.3. The lowest BCUT2D eigenvalue weighted by Crippen LogP contribution is -2.24. The summed E-state index contributed by atoms with van der Waals surface area (Å²) in [5.74, 6) is -0.274. The molecule has 2 N–H and O–H groups in total. The Morgan fingerprint density at radius 2 is 2.00 bits per heavy atom. The molecule has 1 amide bonds. The van der Waals surface area contributed by atoms with E-state index in [2.05, 4.69) is 10.1 Å². The summed E-state index contributed by atoms with van der Waals surface area (Å²) in [6, 6.07) is 7.19. The lowest BCUT2D eigenvalue weighted by molar-refractivity contribution is -0.274. The van der Waals surface area contributed by atoms with E-state index in [9.17, 15) is 23.1 Å². The Morgan fingerprint density at radius 1 is 1.29 bits per heavy atom. The molecule has 0 radical (unpaired) electrons. The van der Waals surface area contributed by atoms with E-state index in [-0.39, 0.29) is 30.7 Å². The van der Waals surface area contributed by atoms with Crippen LogP contribution in [0.25, 0.3) is 11.1 Å². The maximum absolute atomic E-state index is 12.4. The molecule has 9 heteroatoms. The third-order valence-corrected chi connectivity index (χ3v) is 4.58. The summed E-state index contributed by atoms with van der Waals surface area (Å²) >= 11 is 5.50. The van der Waals surface area contributed by atoms with Gasteiger partial charge in [-0.05, 0) is 34.9 Å². The lowest BCUT2D eigenvalue weighted by Gasteiger charge is -2.17. The number of hydrogen-bond acceptors (Lipinski definition) is 4. The molecule has 0 saturated carbocycles. The van der Waals surface area contributed by atoms with E-state index in [0.29, 0.717) is 41.0 Å². The van der Waals surface area contributed by atoms with E-state index in [1.54, 1.807) is 6.07 Å². The van der Waals surface area contributed by atoms with Crippen LogP contribution in [0, 0.1) is 0 Å². The number of amides is 1. The van der Waals surface area contributed by atoms with Gasteiger partial charge in [0.25, 0.3) is 0 Å². The fourth-order valence-corrected chi connectivity index (χ4v) is 3.25. The molecule has 0 saturated heterocycles. The highest BCUT2D eigenvalue weighted by Gasteiger charge is 2.31. The number of carbonyl (C=O) groups excluding carboxylic acids is 1. The van der Waals surface area contributed by atoms with Gasteiger partial charge in [0, 0.05) is 24.1 Å². The molecular weight excluding hydrogens is 399 g/mol. The monoisotopic (exact) mass is 415 g/mol. The molecule has 0 spiro atoms. The van der Waals surface area contributed by atoms with Crippen molar-refractivity contribution in [3.8, 4) is 22.6 Å². The smallest absolute Gasteiger partial charge is 0.492 e. The summed E-state index contributed by atoms with van der Waals surface area (Å²) < 4.78 is 46.7. The van der Waals surface area contributed by atoms with Crippen LogP contribution in [0.4, 0.5) is 13.2 Å². The standard InChI is InChI=1S/C19H17ClF3NO4/c20-8-17(26)24-9-12-7-15(18-14(5-6-27-18)16(12)10-25)11-1-3-13(4-2-11)28-19(21,22)23/h1-4,7,25H,5-6,8-10H2,(H,24,26). The van der Waals surface area contributed by atoms with Crippen molar-refractivity contribution in [2.45, 2.75) is 25.9 Å². The number of fused-ring (bicyclic) bond motifs is 1. The van der Waals surface area contributed by atoms with Gasteiger partial charge in [0.1, 0.15) is 17.4 Å². The summed E-state index contributed by atoms with van der Waals surface area (Å²) in [7, 11) is 0. The van der Waals surface area contributed by atoms with Gasteiger partial charge in [0.15, 0.2) is 0 Å². The predicted octanol–water partition coefficient (Wildman–Crippen LogP) is 3.53. The van der Waals surface area contributed by atoms with Crippen LogP contribution in [-0.4, -0.2) is 29.9 Å². The number of carbonyl (C=O) groups is 1. The number of rotatable bonds is 6. The lowest BCUT2D eigenvalue weighted by atomic mass is 9.92. The second-order valence-corrected chi connectivity index (χ2v) is 6.38. The molecule has 28 heavy (non-hydrogen) atoms. The zero-order valence-electron chi connectivity index (χ0n) is 14.6. The van der Waals surface area contributed by atoms with Gasteiger partial charge < -0.3 is 19.9 Å². The van der Waals surface area contributed by atoms with Gasteiger partial charge in [-0.3, -0.25) is 4.79 Å². The fourth-order valence-electron chi connectivity index (χ4n) is 3.15. The van der Waals surface area contributed by atoms with Gasteiger partial charge in [-0.25, -0.2) is 0 Å². The number of halogens is 4. The van der Waals surface area contributed by atoms with Crippen LogP contribution in [0.1, 0.15) is 16.7 Å². The highest BCUT2D eigenvalue weighted by molar-refractivity contribution is 6.27. The molecular formula is C19H17ClF3NO4. The Kier molecular flexibility index (Phi) is 6.00. The average molecular weight is 416 g/mol. The zero-order valence-corrected chi connectivity index (χ0v) is 15.4. The number of aliphatic hydroxyl groups excluding tert-OH is 1. The Balaban J connectivity index is 1.98. The first-order valence-corrected chi connectivity index (χ1v) is 8.96. The molecule has 1 aliphatic heterocycles. The number of ether oxygens (including phenoxy) is 2. The summed E-state index contributed by atoms with van der Waals surface area (Å²) in [4.78, 5) is 11.5. The predicted molar refractivity (Wildman–Crippen MR) is 96.2 cm³/mol. The first-order chi connectivity index (χ1) is 13.3. The number of nitrogens with one attached hydrogen (secondary N) is 1. The quantitative estimate of drug-likeness (QED) is 0.708. The van der Waals surface area contributed by atoms with Crippen molar-refractivity contribution in [2.75, 3.05) is 12.5 Å². The van der Waals surface area contributed by atoms with Gasteiger partial charge in [-0.1, -0.05) is 12.1 Å². The van der Waals surface area contributed by atoms with E-state index < -0.39 is 6.36 Å². The van der Waals surface area contributed by atoms with Crippen molar-refractivity contribution in [1.82, 2.24) is 5.32 Å². The van der Waals surface area contributed by atoms with E-state index in [0.717, 1.165) is 5.56 Å². The first kappa shape index (κ1) is 20.3. The van der Waals surface area contributed by atoms with Crippen LogP contribution in [0.15, 0.2) is 30.3 Å². The Bertz CT molecular complexity index is 869. The van der Waals surface area contributed by atoms with E-state index in [1.807, 2.05) is 0 Å². The molecule has 0 atom stereocenters. The van der Waals surface area contributed by atoms with Crippen molar-refractivity contribution in [3.63, 3.8) is 0 Å². The summed E-state index contributed by atoms with van der Waals surface area (Å²) in [6.07, 6.45) is -4.17. The minimum atomic E-state index is -4.76. The Hall–Kier alpha value is -2.45. The van der Waals surface area contributed by atoms with E-state index in [4.69, 9.17) is 16.3 Å². The van der Waals surface area contributed by atoms with E-state index in [1.165, 1.54) is 24.3 Å². The van der Waals surface area contributed by atoms with Crippen molar-refractivity contribution in [1.29, 1.82) is 0 Å². The third-order valence-electron chi connectivity index (χ3n) is 4.34. The molecule has 2 aromatic carbocycles. The molecule has 3 rings (SSSR count). The largest absolute Gasteiger partial charge is 0.573 e. The van der Waals surface area contributed by atoms with Crippen LogP contribution < -0.4 is 14.8 Å². The van der Waals surface area contributed by atoms with Gasteiger partial charge in [0.2, 0.25) is 5.91 Å². The van der Waals surface area contributed by atoms with Crippen LogP contribution in [-0.2, 0) is 24.4 Å². The van der Waals surface area contributed by atoms with Gasteiger partial charge >= 0.3 is 6.36 Å². The average Bonchev–Trinajstić information content (AvgIpc) is 3.14. The summed E-state index contributed by atoms with van der Waals surface area (Å²) in [6.45, 7) is 0.371. The summed E-state index contributed by atoms with van der Waals surface area (Å²) in [5.41, 5.74) is 3.48. The second-order valence-electron chi connectivity index (χ2n) is 6.11. The fraction of sp³-hybridized carbons (Fsp3) is 0.316. The van der Waals surface area contributed by atoms with Crippen LogP contribution in [0.3, 0.4) is 0 Å². The van der Waals surface area contributed by atoms with Crippen LogP contribution in [0.5, 0.6) is 11.5 Å². The molecule has 0 bridgehead atoms. The highest BCUT2D eigenvalue weighted by Crippen LogP contribution is 2.41. The van der Waals surface area contributed by atoms with Crippen LogP contribution in [0.2, 0.25) is 0 Å². The topological polar surface area (TPSA) is 67.8 Å². The Morgan fingerprint density at radius 3 is 2.61 bits per heavy atom. The maximum Gasteiger partial charge on any atom is 0.573 e. The summed E-state index contributed by atoms with van der Waals surface area (Å²) in [5, 5.41) is 12.5. The van der Waals surface area contributed by atoms with Crippen molar-refractivity contribution < 1.29 is 32.5 Å². The second kappa shape index (κ2) is 8.28. The van der Waals surface area contributed by atoms with Gasteiger partial charge in [-0.15, -0.1) is 24.8 Å². The highest BCUT2D eigenvalue weighted by atomic mass is 35.5. The maximum atomic E-state index is 12.4. The number of benzene rings is 2. The minimum Gasteiger partial charge on any atom is -0.492 e. The SMILES string of the molecule is O=C(CCl)NCc1cc(-c2ccc(OC(F)(F)F)cc2)c2c(c1CO)CCO2. The molecule has 0 fully saturated rings. The minimum absolute atomic E-state index is 0.164. The molecule has 2 aromatic rings. The molecule has 150 valence electrons. The van der Waals surface area contributed by atoms with E-state index >= 15 is 0 Å². The number of hydrogen-bond donors (Lipinski definition) is 2.